The van der Waals surface area contributed by atoms with Gasteiger partial charge in [-0.2, -0.15) is 5.10 Å². The van der Waals surface area contributed by atoms with Crippen molar-refractivity contribution in [2.45, 2.75) is 0 Å². The maximum atomic E-state index is 12.2. The molecular formula is C19H14ClN3O8. The molecule has 11 nitrogen and oxygen atoms in total. The highest BCUT2D eigenvalue weighted by molar-refractivity contribution is 6.32. The third-order valence-electron chi connectivity index (χ3n) is 3.91. The number of fused-ring (bicyclic) bond motifs is 1. The molecule has 0 radical (unpaired) electrons. The van der Waals surface area contributed by atoms with E-state index in [1.165, 1.54) is 49.7 Å². The second-order valence-corrected chi connectivity index (χ2v) is 6.41. The van der Waals surface area contributed by atoms with Crippen LogP contribution in [0.25, 0.3) is 11.0 Å². The SMILES string of the molecule is COc1cc(/C=N/NC(=O)c2cc3cc([N+](=O)[O-])ccc3o2)cc(Cl)c1OCC(=O)O. The number of nitro groups is 1. The smallest absolute Gasteiger partial charge is 0.341 e. The number of ether oxygens (including phenoxy) is 2. The first-order chi connectivity index (χ1) is 14.8. The number of nitrogens with one attached hydrogen (secondary N) is 1. The van der Waals surface area contributed by atoms with Crippen molar-refractivity contribution in [3.63, 3.8) is 0 Å². The van der Waals surface area contributed by atoms with Gasteiger partial charge in [0, 0.05) is 17.5 Å². The zero-order valence-electron chi connectivity index (χ0n) is 15.8. The minimum atomic E-state index is -1.17. The first-order valence-corrected chi connectivity index (χ1v) is 8.90. The number of rotatable bonds is 8. The van der Waals surface area contributed by atoms with Gasteiger partial charge in [0.2, 0.25) is 0 Å². The Hall–Kier alpha value is -4.12. The number of carbonyl (C=O) groups excluding carboxylic acids is 1. The van der Waals surface area contributed by atoms with E-state index in [-0.39, 0.29) is 28.0 Å². The predicted octanol–water partition coefficient (Wildman–Crippen LogP) is 3.23. The number of aliphatic carboxylic acids is 1. The Balaban J connectivity index is 1.73. The maximum absolute atomic E-state index is 12.2. The Morgan fingerprint density at radius 3 is 2.77 bits per heavy atom. The molecule has 0 unspecified atom stereocenters. The summed E-state index contributed by atoms with van der Waals surface area (Å²) >= 11 is 6.10. The molecule has 0 atom stereocenters. The van der Waals surface area contributed by atoms with Crippen LogP contribution >= 0.6 is 11.6 Å². The molecule has 3 rings (SSSR count). The van der Waals surface area contributed by atoms with Gasteiger partial charge in [0.25, 0.3) is 5.69 Å². The number of methoxy groups -OCH3 is 1. The van der Waals surface area contributed by atoms with Crippen LogP contribution in [0.2, 0.25) is 5.02 Å². The lowest BCUT2D eigenvalue weighted by atomic mass is 10.2. The van der Waals surface area contributed by atoms with Gasteiger partial charge in [-0.15, -0.1) is 0 Å². The van der Waals surface area contributed by atoms with E-state index in [1.54, 1.807) is 0 Å². The molecule has 0 fully saturated rings. The first kappa shape index (κ1) is 21.6. The number of benzene rings is 2. The van der Waals surface area contributed by atoms with E-state index >= 15 is 0 Å². The van der Waals surface area contributed by atoms with Gasteiger partial charge in [-0.3, -0.25) is 14.9 Å². The number of nitro benzene ring substituents is 1. The van der Waals surface area contributed by atoms with Crippen molar-refractivity contribution in [2.75, 3.05) is 13.7 Å². The van der Waals surface area contributed by atoms with Crippen molar-refractivity contribution >= 4 is 46.3 Å². The number of carbonyl (C=O) groups is 2. The lowest BCUT2D eigenvalue weighted by Gasteiger charge is -2.11. The van der Waals surface area contributed by atoms with Crippen LogP contribution in [0.3, 0.4) is 0 Å². The van der Waals surface area contributed by atoms with Crippen LogP contribution in [-0.2, 0) is 4.79 Å². The standard InChI is InChI=1S/C19H14ClN3O8/c1-29-15-5-10(4-13(20)18(15)30-9-17(24)25)8-21-22-19(26)16-7-11-6-12(23(27)28)2-3-14(11)31-16/h2-8H,9H2,1H3,(H,22,26)(H,24,25)/b21-8+. The molecular weight excluding hydrogens is 434 g/mol. The Bertz CT molecular complexity index is 1200. The number of amides is 1. The number of carboxylic acids is 1. The van der Waals surface area contributed by atoms with Gasteiger partial charge >= 0.3 is 11.9 Å². The van der Waals surface area contributed by atoms with Gasteiger partial charge in [0.1, 0.15) is 5.58 Å². The van der Waals surface area contributed by atoms with Gasteiger partial charge in [-0.25, -0.2) is 10.2 Å². The fourth-order valence-corrected chi connectivity index (χ4v) is 2.84. The molecule has 12 heteroatoms. The second kappa shape index (κ2) is 9.13. The fourth-order valence-electron chi connectivity index (χ4n) is 2.57. The zero-order chi connectivity index (χ0) is 22.5. The summed E-state index contributed by atoms with van der Waals surface area (Å²) in [6, 6.07) is 8.25. The molecule has 0 aliphatic carbocycles. The molecule has 1 heterocycles. The van der Waals surface area contributed by atoms with Crippen LogP contribution in [0.15, 0.2) is 45.9 Å². The monoisotopic (exact) mass is 447 g/mol. The van der Waals surface area contributed by atoms with E-state index in [0.717, 1.165) is 0 Å². The molecule has 0 saturated heterocycles. The van der Waals surface area contributed by atoms with Crippen molar-refractivity contribution in [3.8, 4) is 11.5 Å². The van der Waals surface area contributed by atoms with E-state index in [1.807, 2.05) is 0 Å². The molecule has 1 aromatic heterocycles. The van der Waals surface area contributed by atoms with Gasteiger partial charge in [0.15, 0.2) is 23.9 Å². The van der Waals surface area contributed by atoms with Gasteiger partial charge in [0.05, 0.1) is 23.3 Å². The molecule has 0 spiro atoms. The van der Waals surface area contributed by atoms with Gasteiger partial charge in [-0.1, -0.05) is 11.6 Å². The Labute approximate surface area is 179 Å². The molecule has 2 N–H and O–H groups in total. The largest absolute Gasteiger partial charge is 0.493 e. The molecule has 2 aromatic carbocycles. The third kappa shape index (κ3) is 5.08. The highest BCUT2D eigenvalue weighted by Gasteiger charge is 2.15. The molecule has 3 aromatic rings. The summed E-state index contributed by atoms with van der Waals surface area (Å²) in [4.78, 5) is 33.2. The quantitative estimate of drug-likeness (QED) is 0.303. The van der Waals surface area contributed by atoms with E-state index in [9.17, 15) is 19.7 Å². The van der Waals surface area contributed by atoms with Crippen LogP contribution in [0, 0.1) is 10.1 Å². The van der Waals surface area contributed by atoms with Crippen molar-refractivity contribution in [1.82, 2.24) is 5.43 Å². The molecule has 160 valence electrons. The van der Waals surface area contributed by atoms with E-state index in [2.05, 4.69) is 10.5 Å². The third-order valence-corrected chi connectivity index (χ3v) is 4.19. The molecule has 1 amide bonds. The maximum Gasteiger partial charge on any atom is 0.341 e. The number of carboxylic acid groups (broad SMARTS) is 1. The van der Waals surface area contributed by atoms with E-state index in [0.29, 0.717) is 16.5 Å². The van der Waals surface area contributed by atoms with Crippen molar-refractivity contribution in [2.24, 2.45) is 5.10 Å². The number of non-ortho nitro benzene ring substituents is 1. The molecule has 0 aliphatic rings. The normalized spacial score (nSPS) is 10.9. The molecule has 0 bridgehead atoms. The van der Waals surface area contributed by atoms with Crippen LogP contribution < -0.4 is 14.9 Å². The summed E-state index contributed by atoms with van der Waals surface area (Å²) in [7, 11) is 1.36. The highest BCUT2D eigenvalue weighted by atomic mass is 35.5. The van der Waals surface area contributed by atoms with Crippen LogP contribution in [0.1, 0.15) is 16.1 Å². The molecule has 0 aliphatic heterocycles. The lowest BCUT2D eigenvalue weighted by molar-refractivity contribution is -0.384. The van der Waals surface area contributed by atoms with Crippen LogP contribution in [0.5, 0.6) is 11.5 Å². The Kier molecular flexibility index (Phi) is 6.36. The summed E-state index contributed by atoms with van der Waals surface area (Å²) < 4.78 is 15.6. The summed E-state index contributed by atoms with van der Waals surface area (Å²) in [5, 5.41) is 23.9. The summed E-state index contributed by atoms with van der Waals surface area (Å²) in [6.45, 7) is -0.597. The van der Waals surface area contributed by atoms with Gasteiger partial charge < -0.3 is 19.0 Å². The average Bonchev–Trinajstić information content (AvgIpc) is 3.15. The second-order valence-electron chi connectivity index (χ2n) is 6.01. The Morgan fingerprint density at radius 1 is 1.32 bits per heavy atom. The minimum Gasteiger partial charge on any atom is -0.493 e. The van der Waals surface area contributed by atoms with Crippen molar-refractivity contribution in [3.05, 3.63) is 62.9 Å². The number of halogens is 1. The average molecular weight is 448 g/mol. The zero-order valence-corrected chi connectivity index (χ0v) is 16.6. The summed E-state index contributed by atoms with van der Waals surface area (Å²) in [6.07, 6.45) is 1.28. The number of hydrogen-bond donors (Lipinski definition) is 2. The number of furan rings is 1. The van der Waals surface area contributed by atoms with E-state index < -0.39 is 23.4 Å². The molecule has 0 saturated carbocycles. The fraction of sp³-hybridized carbons (Fsp3) is 0.105. The minimum absolute atomic E-state index is 0.0594. The number of hydrazone groups is 1. The van der Waals surface area contributed by atoms with Crippen LogP contribution in [-0.4, -0.2) is 41.8 Å². The lowest BCUT2D eigenvalue weighted by Crippen LogP contribution is -2.16. The summed E-state index contributed by atoms with van der Waals surface area (Å²) in [5.74, 6) is -1.69. The van der Waals surface area contributed by atoms with Crippen molar-refractivity contribution in [1.29, 1.82) is 0 Å². The molecule has 31 heavy (non-hydrogen) atoms. The van der Waals surface area contributed by atoms with Gasteiger partial charge in [-0.05, 0) is 29.8 Å². The topological polar surface area (TPSA) is 154 Å². The highest BCUT2D eigenvalue weighted by Crippen LogP contribution is 2.36. The summed E-state index contributed by atoms with van der Waals surface area (Å²) in [5.41, 5.74) is 2.89. The van der Waals surface area contributed by atoms with E-state index in [4.69, 9.17) is 30.6 Å². The first-order valence-electron chi connectivity index (χ1n) is 8.52. The Morgan fingerprint density at radius 2 is 2.10 bits per heavy atom. The number of nitrogens with zero attached hydrogens (tertiary/aromatic N) is 2. The predicted molar refractivity (Wildman–Crippen MR) is 109 cm³/mol. The number of hydrogen-bond acceptors (Lipinski definition) is 8. The van der Waals surface area contributed by atoms with Crippen molar-refractivity contribution < 1.29 is 33.5 Å². The van der Waals surface area contributed by atoms with Crippen LogP contribution in [0.4, 0.5) is 5.69 Å².